The molecule has 20 heavy (non-hydrogen) atoms. The Morgan fingerprint density at radius 1 is 1.25 bits per heavy atom. The lowest BCUT2D eigenvalue weighted by Crippen LogP contribution is -2.42. The summed E-state index contributed by atoms with van der Waals surface area (Å²) in [6, 6.07) is 6.13. The second-order valence-electron chi connectivity index (χ2n) is 5.46. The van der Waals surface area contributed by atoms with E-state index in [2.05, 4.69) is 19.2 Å². The van der Waals surface area contributed by atoms with Gasteiger partial charge in [0.2, 0.25) is 0 Å². The topological polar surface area (TPSA) is 38.3 Å². The van der Waals surface area contributed by atoms with Crippen LogP contribution in [0.1, 0.15) is 51.2 Å². The maximum Gasteiger partial charge on any atom is 0.261 e. The van der Waals surface area contributed by atoms with Gasteiger partial charge in [-0.3, -0.25) is 4.79 Å². The molecule has 1 aromatic rings. The Kier molecular flexibility index (Phi) is 6.56. The van der Waals surface area contributed by atoms with Gasteiger partial charge in [-0.25, -0.2) is 0 Å². The van der Waals surface area contributed by atoms with Gasteiger partial charge in [0.05, 0.1) is 0 Å². The molecule has 0 bridgehead atoms. The first-order valence-electron chi connectivity index (χ1n) is 7.52. The van der Waals surface area contributed by atoms with E-state index in [1.54, 1.807) is 0 Å². The summed E-state index contributed by atoms with van der Waals surface area (Å²) in [4.78, 5) is 12.2. The standard InChI is InChI=1S/C17H27NO2/c1-6-8-14(5)18-17(19)16(7-2)20-15-10-9-12(3)13(4)11-15/h9-11,14,16H,6-8H2,1-5H3,(H,18,19)/t14-,16-/m0/s1. The first-order valence-corrected chi connectivity index (χ1v) is 7.52. The van der Waals surface area contributed by atoms with E-state index in [0.717, 1.165) is 18.6 Å². The van der Waals surface area contributed by atoms with Crippen molar-refractivity contribution in [3.8, 4) is 5.75 Å². The van der Waals surface area contributed by atoms with Gasteiger partial charge in [0.15, 0.2) is 6.10 Å². The molecule has 0 heterocycles. The number of carbonyl (C=O) groups is 1. The fourth-order valence-corrected chi connectivity index (χ4v) is 2.11. The van der Waals surface area contributed by atoms with Crippen LogP contribution in [-0.2, 0) is 4.79 Å². The van der Waals surface area contributed by atoms with Gasteiger partial charge in [-0.15, -0.1) is 0 Å². The van der Waals surface area contributed by atoms with Gasteiger partial charge in [0, 0.05) is 6.04 Å². The van der Waals surface area contributed by atoms with Crippen LogP contribution in [0.5, 0.6) is 5.75 Å². The first kappa shape index (κ1) is 16.5. The van der Waals surface area contributed by atoms with Crippen molar-refractivity contribution in [1.82, 2.24) is 5.32 Å². The molecule has 3 nitrogen and oxygen atoms in total. The van der Waals surface area contributed by atoms with Gasteiger partial charge >= 0.3 is 0 Å². The average molecular weight is 277 g/mol. The van der Waals surface area contributed by atoms with E-state index >= 15 is 0 Å². The summed E-state index contributed by atoms with van der Waals surface area (Å²) in [5.41, 5.74) is 2.41. The molecule has 0 aliphatic heterocycles. The monoisotopic (exact) mass is 277 g/mol. The second-order valence-corrected chi connectivity index (χ2v) is 5.46. The molecule has 0 saturated heterocycles. The number of amides is 1. The predicted molar refractivity (Wildman–Crippen MR) is 83.1 cm³/mol. The maximum absolute atomic E-state index is 12.2. The minimum Gasteiger partial charge on any atom is -0.481 e. The van der Waals surface area contributed by atoms with Gasteiger partial charge in [-0.1, -0.05) is 26.3 Å². The maximum atomic E-state index is 12.2. The molecule has 1 rings (SSSR count). The Hall–Kier alpha value is -1.51. The van der Waals surface area contributed by atoms with Gasteiger partial charge in [-0.2, -0.15) is 0 Å². The van der Waals surface area contributed by atoms with E-state index in [1.165, 1.54) is 11.1 Å². The number of ether oxygens (including phenoxy) is 1. The minimum absolute atomic E-state index is 0.0216. The molecule has 1 N–H and O–H groups in total. The van der Waals surface area contributed by atoms with Crippen LogP contribution in [0.25, 0.3) is 0 Å². The fraction of sp³-hybridized carbons (Fsp3) is 0.588. The minimum atomic E-state index is -0.420. The molecule has 1 amide bonds. The number of rotatable bonds is 7. The van der Waals surface area contributed by atoms with E-state index in [1.807, 2.05) is 39.0 Å². The van der Waals surface area contributed by atoms with Crippen LogP contribution < -0.4 is 10.1 Å². The van der Waals surface area contributed by atoms with E-state index in [4.69, 9.17) is 4.74 Å². The zero-order chi connectivity index (χ0) is 15.1. The molecule has 0 aliphatic carbocycles. The Morgan fingerprint density at radius 3 is 2.50 bits per heavy atom. The molecule has 0 saturated carbocycles. The largest absolute Gasteiger partial charge is 0.481 e. The van der Waals surface area contributed by atoms with Gasteiger partial charge in [0.25, 0.3) is 5.91 Å². The summed E-state index contributed by atoms with van der Waals surface area (Å²) in [7, 11) is 0. The Morgan fingerprint density at radius 2 is 1.95 bits per heavy atom. The third-order valence-corrected chi connectivity index (χ3v) is 3.53. The molecule has 0 aliphatic rings. The summed E-state index contributed by atoms with van der Waals surface area (Å²) < 4.78 is 5.83. The molecule has 0 aromatic heterocycles. The van der Waals surface area contributed by atoms with Crippen molar-refractivity contribution in [3.63, 3.8) is 0 Å². The van der Waals surface area contributed by atoms with Crippen LogP contribution >= 0.6 is 0 Å². The van der Waals surface area contributed by atoms with Crippen LogP contribution in [0, 0.1) is 13.8 Å². The summed E-state index contributed by atoms with van der Waals surface area (Å²) in [5.74, 6) is 0.741. The highest BCUT2D eigenvalue weighted by molar-refractivity contribution is 5.81. The van der Waals surface area contributed by atoms with Crippen LogP contribution in [-0.4, -0.2) is 18.1 Å². The molecule has 1 aromatic carbocycles. The Bertz CT molecular complexity index is 443. The van der Waals surface area contributed by atoms with E-state index in [0.29, 0.717) is 6.42 Å². The molecule has 2 atom stereocenters. The third kappa shape index (κ3) is 4.87. The normalized spacial score (nSPS) is 13.7. The summed E-state index contributed by atoms with van der Waals surface area (Å²) in [6.45, 7) is 10.2. The summed E-state index contributed by atoms with van der Waals surface area (Å²) >= 11 is 0. The van der Waals surface area contributed by atoms with Gasteiger partial charge in [-0.05, 0) is 56.9 Å². The molecule has 0 unspecified atom stereocenters. The highest BCUT2D eigenvalue weighted by atomic mass is 16.5. The highest BCUT2D eigenvalue weighted by Gasteiger charge is 2.19. The number of benzene rings is 1. The second kappa shape index (κ2) is 7.93. The molecule has 112 valence electrons. The highest BCUT2D eigenvalue weighted by Crippen LogP contribution is 2.18. The van der Waals surface area contributed by atoms with Crippen molar-refractivity contribution in [2.24, 2.45) is 0 Å². The smallest absolute Gasteiger partial charge is 0.261 e. The van der Waals surface area contributed by atoms with E-state index < -0.39 is 6.10 Å². The molecule has 0 spiro atoms. The van der Waals surface area contributed by atoms with Gasteiger partial charge < -0.3 is 10.1 Å². The van der Waals surface area contributed by atoms with Crippen molar-refractivity contribution < 1.29 is 9.53 Å². The number of hydrogen-bond donors (Lipinski definition) is 1. The van der Waals surface area contributed by atoms with Crippen molar-refractivity contribution in [2.45, 2.75) is 66.0 Å². The number of nitrogens with one attached hydrogen (secondary N) is 1. The van der Waals surface area contributed by atoms with Crippen molar-refractivity contribution in [3.05, 3.63) is 29.3 Å². The molecular weight excluding hydrogens is 250 g/mol. The Labute approximate surface area is 122 Å². The number of aryl methyl sites for hydroxylation is 2. The van der Waals surface area contributed by atoms with Crippen LogP contribution in [0.3, 0.4) is 0 Å². The van der Waals surface area contributed by atoms with Crippen molar-refractivity contribution in [1.29, 1.82) is 0 Å². The fourth-order valence-electron chi connectivity index (χ4n) is 2.11. The van der Waals surface area contributed by atoms with Crippen molar-refractivity contribution >= 4 is 5.91 Å². The molecule has 3 heteroatoms. The lowest BCUT2D eigenvalue weighted by Gasteiger charge is -2.20. The van der Waals surface area contributed by atoms with E-state index in [-0.39, 0.29) is 11.9 Å². The summed E-state index contributed by atoms with van der Waals surface area (Å²) in [5, 5.41) is 3.01. The average Bonchev–Trinajstić information content (AvgIpc) is 2.40. The number of carbonyl (C=O) groups excluding carboxylic acids is 1. The molecule has 0 fully saturated rings. The van der Waals surface area contributed by atoms with Crippen LogP contribution in [0.2, 0.25) is 0 Å². The third-order valence-electron chi connectivity index (χ3n) is 3.53. The zero-order valence-electron chi connectivity index (χ0n) is 13.3. The predicted octanol–water partition coefficient (Wildman–Crippen LogP) is 3.77. The first-order chi connectivity index (χ1) is 9.47. The SMILES string of the molecule is CCC[C@H](C)NC(=O)[C@H](CC)Oc1ccc(C)c(C)c1. The zero-order valence-corrected chi connectivity index (χ0v) is 13.3. The summed E-state index contributed by atoms with van der Waals surface area (Å²) in [6.07, 6.45) is 2.30. The number of hydrogen-bond acceptors (Lipinski definition) is 2. The van der Waals surface area contributed by atoms with Crippen LogP contribution in [0.15, 0.2) is 18.2 Å². The van der Waals surface area contributed by atoms with E-state index in [9.17, 15) is 4.79 Å². The van der Waals surface area contributed by atoms with Crippen molar-refractivity contribution in [2.75, 3.05) is 0 Å². The molecule has 0 radical (unpaired) electrons. The lowest BCUT2D eigenvalue weighted by atomic mass is 10.1. The molecular formula is C17H27NO2. The van der Waals surface area contributed by atoms with Crippen LogP contribution in [0.4, 0.5) is 0 Å². The van der Waals surface area contributed by atoms with Gasteiger partial charge in [0.1, 0.15) is 5.75 Å². The Balaban J connectivity index is 2.66. The lowest BCUT2D eigenvalue weighted by molar-refractivity contribution is -0.128. The quantitative estimate of drug-likeness (QED) is 0.824.